The van der Waals surface area contributed by atoms with Crippen LogP contribution < -0.4 is 5.73 Å². The third-order valence-electron chi connectivity index (χ3n) is 4.23. The molecule has 2 unspecified atom stereocenters. The van der Waals surface area contributed by atoms with Crippen molar-refractivity contribution in [3.05, 3.63) is 22.4 Å². The van der Waals surface area contributed by atoms with Crippen molar-refractivity contribution in [1.82, 2.24) is 9.80 Å². The lowest BCUT2D eigenvalue weighted by atomic mass is 9.98. The summed E-state index contributed by atoms with van der Waals surface area (Å²) in [6.45, 7) is 11.3. The van der Waals surface area contributed by atoms with Gasteiger partial charge in [0.25, 0.3) is 0 Å². The van der Waals surface area contributed by atoms with Crippen molar-refractivity contribution in [2.75, 3.05) is 26.2 Å². The summed E-state index contributed by atoms with van der Waals surface area (Å²) in [7, 11) is 0. The Morgan fingerprint density at radius 3 is 2.32 bits per heavy atom. The Balaban J connectivity index is 2.05. The van der Waals surface area contributed by atoms with Crippen molar-refractivity contribution in [1.29, 1.82) is 0 Å². The fraction of sp³-hybridized carbons (Fsp3) is 0.733. The molecule has 1 aromatic rings. The highest BCUT2D eigenvalue weighted by molar-refractivity contribution is 7.07. The molecule has 2 atom stereocenters. The van der Waals surface area contributed by atoms with Crippen molar-refractivity contribution >= 4 is 11.3 Å². The summed E-state index contributed by atoms with van der Waals surface area (Å²) in [5.74, 6) is 0. The molecule has 1 aliphatic rings. The number of piperazine rings is 1. The molecule has 1 saturated heterocycles. The van der Waals surface area contributed by atoms with Gasteiger partial charge in [-0.25, -0.2) is 0 Å². The fourth-order valence-electron chi connectivity index (χ4n) is 2.93. The molecule has 3 nitrogen and oxygen atoms in total. The van der Waals surface area contributed by atoms with Crippen LogP contribution >= 0.6 is 11.3 Å². The van der Waals surface area contributed by atoms with Crippen LogP contribution in [0.3, 0.4) is 0 Å². The summed E-state index contributed by atoms with van der Waals surface area (Å²) < 4.78 is 0. The van der Waals surface area contributed by atoms with E-state index in [1.807, 2.05) is 0 Å². The maximum Gasteiger partial charge on any atom is 0.0508 e. The zero-order chi connectivity index (χ0) is 13.8. The van der Waals surface area contributed by atoms with Gasteiger partial charge in [0.15, 0.2) is 0 Å². The van der Waals surface area contributed by atoms with E-state index >= 15 is 0 Å². The third-order valence-corrected chi connectivity index (χ3v) is 4.94. The quantitative estimate of drug-likeness (QED) is 0.900. The summed E-state index contributed by atoms with van der Waals surface area (Å²) in [6.07, 6.45) is 1.03. The number of rotatable bonds is 5. The first kappa shape index (κ1) is 15.0. The SMILES string of the molecule is CCC(N)C(c1ccsc1)N1CCN(C(C)C)CC1. The summed E-state index contributed by atoms with van der Waals surface area (Å²) >= 11 is 1.77. The molecule has 0 aromatic carbocycles. The van der Waals surface area contributed by atoms with E-state index in [2.05, 4.69) is 47.4 Å². The number of nitrogens with zero attached hydrogens (tertiary/aromatic N) is 2. The van der Waals surface area contributed by atoms with E-state index in [9.17, 15) is 0 Å². The summed E-state index contributed by atoms with van der Waals surface area (Å²) in [6, 6.07) is 3.52. The van der Waals surface area contributed by atoms with Crippen LogP contribution in [0, 0.1) is 0 Å². The molecule has 2 N–H and O–H groups in total. The van der Waals surface area contributed by atoms with Gasteiger partial charge in [-0.05, 0) is 42.7 Å². The number of hydrogen-bond donors (Lipinski definition) is 1. The van der Waals surface area contributed by atoms with Gasteiger partial charge in [0, 0.05) is 38.3 Å². The Morgan fingerprint density at radius 2 is 1.84 bits per heavy atom. The van der Waals surface area contributed by atoms with Gasteiger partial charge in [-0.1, -0.05) is 6.92 Å². The third kappa shape index (κ3) is 3.57. The van der Waals surface area contributed by atoms with E-state index in [1.165, 1.54) is 5.56 Å². The molecule has 0 saturated carbocycles. The second-order valence-corrected chi connectivity index (χ2v) is 6.52. The first-order valence-corrected chi connectivity index (χ1v) is 8.33. The number of thiophene rings is 1. The average molecular weight is 281 g/mol. The molecule has 19 heavy (non-hydrogen) atoms. The minimum Gasteiger partial charge on any atom is -0.326 e. The molecule has 2 heterocycles. The van der Waals surface area contributed by atoms with Crippen LogP contribution in [-0.2, 0) is 0 Å². The van der Waals surface area contributed by atoms with Gasteiger partial charge in [0.1, 0.15) is 0 Å². The van der Waals surface area contributed by atoms with E-state index in [1.54, 1.807) is 11.3 Å². The number of hydrogen-bond acceptors (Lipinski definition) is 4. The molecule has 0 amide bonds. The summed E-state index contributed by atoms with van der Waals surface area (Å²) in [4.78, 5) is 5.13. The molecule has 0 spiro atoms. The molecule has 108 valence electrons. The topological polar surface area (TPSA) is 32.5 Å². The highest BCUT2D eigenvalue weighted by Gasteiger charge is 2.29. The minimum absolute atomic E-state index is 0.236. The Kier molecular flexibility index (Phi) is 5.39. The van der Waals surface area contributed by atoms with Gasteiger partial charge in [-0.2, -0.15) is 11.3 Å². The lowest BCUT2D eigenvalue weighted by Gasteiger charge is -2.42. The van der Waals surface area contributed by atoms with Crippen LogP contribution in [0.1, 0.15) is 38.8 Å². The maximum absolute atomic E-state index is 6.38. The van der Waals surface area contributed by atoms with E-state index in [0.29, 0.717) is 12.1 Å². The minimum atomic E-state index is 0.236. The van der Waals surface area contributed by atoms with Gasteiger partial charge >= 0.3 is 0 Å². The van der Waals surface area contributed by atoms with Crippen molar-refractivity contribution in [2.24, 2.45) is 5.73 Å². The predicted octanol–water partition coefficient (Wildman–Crippen LogP) is 2.55. The zero-order valence-electron chi connectivity index (χ0n) is 12.4. The average Bonchev–Trinajstić information content (AvgIpc) is 2.93. The van der Waals surface area contributed by atoms with Crippen LogP contribution in [0.4, 0.5) is 0 Å². The van der Waals surface area contributed by atoms with Crippen LogP contribution in [-0.4, -0.2) is 48.1 Å². The standard InChI is InChI=1S/C15H27N3S/c1-4-14(16)15(13-5-10-19-11-13)18-8-6-17(7-9-18)12(2)3/h5,10-12,14-15H,4,6-9,16H2,1-3H3. The molecular formula is C15H27N3S. The molecule has 0 aliphatic carbocycles. The molecular weight excluding hydrogens is 254 g/mol. The lowest BCUT2D eigenvalue weighted by molar-refractivity contribution is 0.0680. The van der Waals surface area contributed by atoms with Gasteiger partial charge in [0.05, 0.1) is 6.04 Å². The van der Waals surface area contributed by atoms with Crippen LogP contribution in [0.5, 0.6) is 0 Å². The molecule has 2 rings (SSSR count). The Labute approximate surface area is 121 Å². The van der Waals surface area contributed by atoms with Crippen LogP contribution in [0.2, 0.25) is 0 Å². The van der Waals surface area contributed by atoms with E-state index in [4.69, 9.17) is 5.73 Å². The van der Waals surface area contributed by atoms with Crippen molar-refractivity contribution < 1.29 is 0 Å². The lowest BCUT2D eigenvalue weighted by Crippen LogP contribution is -2.52. The highest BCUT2D eigenvalue weighted by atomic mass is 32.1. The first-order chi connectivity index (χ1) is 9.13. The van der Waals surface area contributed by atoms with Crippen molar-refractivity contribution in [3.63, 3.8) is 0 Å². The van der Waals surface area contributed by atoms with E-state index < -0.39 is 0 Å². The van der Waals surface area contributed by atoms with Gasteiger partial charge in [-0.3, -0.25) is 9.80 Å². The molecule has 1 aromatic heterocycles. The largest absolute Gasteiger partial charge is 0.326 e. The predicted molar refractivity (Wildman–Crippen MR) is 83.6 cm³/mol. The van der Waals surface area contributed by atoms with Crippen LogP contribution in [0.15, 0.2) is 16.8 Å². The molecule has 0 radical (unpaired) electrons. The normalized spacial score (nSPS) is 21.7. The molecule has 0 bridgehead atoms. The monoisotopic (exact) mass is 281 g/mol. The first-order valence-electron chi connectivity index (χ1n) is 7.39. The maximum atomic E-state index is 6.38. The number of nitrogens with two attached hydrogens (primary N) is 1. The van der Waals surface area contributed by atoms with E-state index in [-0.39, 0.29) is 6.04 Å². The van der Waals surface area contributed by atoms with Gasteiger partial charge in [-0.15, -0.1) is 0 Å². The molecule has 4 heteroatoms. The van der Waals surface area contributed by atoms with Gasteiger partial charge < -0.3 is 5.73 Å². The van der Waals surface area contributed by atoms with E-state index in [0.717, 1.165) is 32.6 Å². The smallest absolute Gasteiger partial charge is 0.0508 e. The summed E-state index contributed by atoms with van der Waals surface area (Å²) in [5, 5.41) is 4.42. The molecule has 1 aliphatic heterocycles. The van der Waals surface area contributed by atoms with Gasteiger partial charge in [0.2, 0.25) is 0 Å². The van der Waals surface area contributed by atoms with Crippen LogP contribution in [0.25, 0.3) is 0 Å². The second kappa shape index (κ2) is 6.84. The zero-order valence-corrected chi connectivity index (χ0v) is 13.2. The van der Waals surface area contributed by atoms with Crippen molar-refractivity contribution in [3.8, 4) is 0 Å². The molecule has 1 fully saturated rings. The Hall–Kier alpha value is -0.420. The van der Waals surface area contributed by atoms with Crippen molar-refractivity contribution in [2.45, 2.75) is 45.3 Å². The highest BCUT2D eigenvalue weighted by Crippen LogP contribution is 2.28. The Morgan fingerprint density at radius 1 is 1.21 bits per heavy atom. The Bertz CT molecular complexity index is 355. The summed E-state index contributed by atoms with van der Waals surface area (Å²) in [5.41, 5.74) is 7.78. The second-order valence-electron chi connectivity index (χ2n) is 5.74. The fourth-order valence-corrected chi connectivity index (χ4v) is 3.62.